The van der Waals surface area contributed by atoms with Gasteiger partial charge in [-0.1, -0.05) is 19.8 Å². The van der Waals surface area contributed by atoms with Crippen LogP contribution in [0.25, 0.3) is 0 Å². The number of nitrogens with two attached hydrogens (primary N) is 1. The van der Waals surface area contributed by atoms with Crippen LogP contribution in [-0.2, 0) is 0 Å². The zero-order valence-electron chi connectivity index (χ0n) is 12.4. The SMILES string of the molecule is CCCC(N)C(CO)N1CCC(N2CCCCC2)C1. The molecule has 4 nitrogen and oxygen atoms in total. The molecule has 3 unspecified atom stereocenters. The highest BCUT2D eigenvalue weighted by atomic mass is 16.3. The Kier molecular flexibility index (Phi) is 6.07. The third kappa shape index (κ3) is 3.91. The molecule has 2 fully saturated rings. The molecule has 2 rings (SSSR count). The first kappa shape index (κ1) is 15.2. The summed E-state index contributed by atoms with van der Waals surface area (Å²) in [5.41, 5.74) is 6.23. The molecule has 2 aliphatic rings. The van der Waals surface area contributed by atoms with Gasteiger partial charge in [0.1, 0.15) is 0 Å². The number of nitrogens with zero attached hydrogens (tertiary/aromatic N) is 2. The minimum absolute atomic E-state index is 0.120. The molecule has 3 N–H and O–H groups in total. The lowest BCUT2D eigenvalue weighted by atomic mass is 10.0. The maximum atomic E-state index is 9.64. The molecule has 0 aromatic heterocycles. The average molecular weight is 269 g/mol. The Labute approximate surface area is 117 Å². The first-order chi connectivity index (χ1) is 9.26. The van der Waals surface area contributed by atoms with Crippen molar-refractivity contribution in [3.8, 4) is 0 Å². The van der Waals surface area contributed by atoms with Crippen LogP contribution < -0.4 is 5.73 Å². The van der Waals surface area contributed by atoms with E-state index in [4.69, 9.17) is 5.73 Å². The fourth-order valence-corrected chi connectivity index (χ4v) is 3.70. The molecule has 0 aliphatic carbocycles. The standard InChI is InChI=1S/C15H31N3O/c1-2-6-14(16)15(12-19)18-10-7-13(11-18)17-8-4-3-5-9-17/h13-15,19H,2-12,16H2,1H3. The van der Waals surface area contributed by atoms with Crippen molar-refractivity contribution in [1.82, 2.24) is 9.80 Å². The molecule has 0 aromatic rings. The van der Waals surface area contributed by atoms with Crippen LogP contribution in [0.15, 0.2) is 0 Å². The van der Waals surface area contributed by atoms with Crippen molar-refractivity contribution in [2.45, 2.75) is 63.6 Å². The van der Waals surface area contributed by atoms with Crippen molar-refractivity contribution in [2.24, 2.45) is 5.73 Å². The van der Waals surface area contributed by atoms with E-state index in [0.717, 1.165) is 25.9 Å². The van der Waals surface area contributed by atoms with Crippen LogP contribution in [0.2, 0.25) is 0 Å². The second-order valence-corrected chi connectivity index (χ2v) is 6.24. The summed E-state index contributed by atoms with van der Waals surface area (Å²) < 4.78 is 0. The number of likely N-dealkylation sites (tertiary alicyclic amines) is 2. The van der Waals surface area contributed by atoms with Crippen molar-refractivity contribution in [3.05, 3.63) is 0 Å². The fraction of sp³-hybridized carbons (Fsp3) is 1.00. The average Bonchev–Trinajstić information content (AvgIpc) is 2.90. The molecule has 0 radical (unpaired) electrons. The first-order valence-corrected chi connectivity index (χ1v) is 8.10. The van der Waals surface area contributed by atoms with E-state index in [1.807, 2.05) is 0 Å². The van der Waals surface area contributed by atoms with Gasteiger partial charge in [0, 0.05) is 31.2 Å². The van der Waals surface area contributed by atoms with E-state index < -0.39 is 0 Å². The topological polar surface area (TPSA) is 52.7 Å². The number of rotatable bonds is 6. The summed E-state index contributed by atoms with van der Waals surface area (Å²) in [6, 6.07) is 0.980. The number of hydrogen-bond acceptors (Lipinski definition) is 4. The van der Waals surface area contributed by atoms with Gasteiger partial charge in [-0.05, 0) is 38.8 Å². The quantitative estimate of drug-likeness (QED) is 0.756. The molecule has 2 heterocycles. The van der Waals surface area contributed by atoms with Crippen LogP contribution in [0.1, 0.15) is 45.4 Å². The van der Waals surface area contributed by atoms with E-state index in [1.165, 1.54) is 38.8 Å². The summed E-state index contributed by atoms with van der Waals surface area (Å²) in [7, 11) is 0. The largest absolute Gasteiger partial charge is 0.395 e. The molecule has 0 aromatic carbocycles. The zero-order chi connectivity index (χ0) is 13.7. The Morgan fingerprint density at radius 2 is 1.95 bits per heavy atom. The maximum absolute atomic E-state index is 9.64. The van der Waals surface area contributed by atoms with Crippen LogP contribution in [-0.4, -0.2) is 65.8 Å². The fourth-order valence-electron chi connectivity index (χ4n) is 3.70. The van der Waals surface area contributed by atoms with Crippen molar-refractivity contribution in [2.75, 3.05) is 32.8 Å². The highest BCUT2D eigenvalue weighted by Gasteiger charge is 2.33. The van der Waals surface area contributed by atoms with Gasteiger partial charge in [0.15, 0.2) is 0 Å². The summed E-state index contributed by atoms with van der Waals surface area (Å²) in [5, 5.41) is 9.64. The lowest BCUT2D eigenvalue weighted by Gasteiger charge is -2.34. The predicted molar refractivity (Wildman–Crippen MR) is 79.2 cm³/mol. The summed E-state index contributed by atoms with van der Waals surface area (Å²) in [5.74, 6) is 0. The lowest BCUT2D eigenvalue weighted by molar-refractivity contribution is 0.105. The summed E-state index contributed by atoms with van der Waals surface area (Å²) in [6.45, 7) is 7.10. The summed E-state index contributed by atoms with van der Waals surface area (Å²) in [4.78, 5) is 5.09. The number of aliphatic hydroxyl groups excluding tert-OH is 1. The molecule has 0 saturated carbocycles. The van der Waals surface area contributed by atoms with Crippen molar-refractivity contribution < 1.29 is 5.11 Å². The molecule has 0 amide bonds. The van der Waals surface area contributed by atoms with Gasteiger partial charge in [-0.25, -0.2) is 0 Å². The van der Waals surface area contributed by atoms with Gasteiger partial charge in [0.25, 0.3) is 0 Å². The van der Waals surface area contributed by atoms with Crippen LogP contribution in [0.4, 0.5) is 0 Å². The Morgan fingerprint density at radius 1 is 1.21 bits per heavy atom. The third-order valence-corrected chi connectivity index (χ3v) is 4.87. The Morgan fingerprint density at radius 3 is 2.58 bits per heavy atom. The Hall–Kier alpha value is -0.160. The van der Waals surface area contributed by atoms with Crippen LogP contribution in [0.3, 0.4) is 0 Å². The Bertz CT molecular complexity index is 256. The lowest BCUT2D eigenvalue weighted by Crippen LogP contribution is -2.50. The predicted octanol–water partition coefficient (Wildman–Crippen LogP) is 1.03. The molecule has 3 atom stereocenters. The van der Waals surface area contributed by atoms with Gasteiger partial charge < -0.3 is 10.8 Å². The van der Waals surface area contributed by atoms with E-state index in [2.05, 4.69) is 16.7 Å². The van der Waals surface area contributed by atoms with Crippen molar-refractivity contribution >= 4 is 0 Å². The van der Waals surface area contributed by atoms with Crippen molar-refractivity contribution in [1.29, 1.82) is 0 Å². The second kappa shape index (κ2) is 7.58. The third-order valence-electron chi connectivity index (χ3n) is 4.87. The molecule has 2 saturated heterocycles. The highest BCUT2D eigenvalue weighted by molar-refractivity contribution is 4.91. The van der Waals surface area contributed by atoms with Crippen molar-refractivity contribution in [3.63, 3.8) is 0 Å². The van der Waals surface area contributed by atoms with Gasteiger partial charge in [-0.2, -0.15) is 0 Å². The van der Waals surface area contributed by atoms with Gasteiger partial charge >= 0.3 is 0 Å². The molecular weight excluding hydrogens is 238 g/mol. The zero-order valence-corrected chi connectivity index (χ0v) is 12.4. The van der Waals surface area contributed by atoms with Crippen LogP contribution >= 0.6 is 0 Å². The summed E-state index contributed by atoms with van der Waals surface area (Å²) >= 11 is 0. The van der Waals surface area contributed by atoms with E-state index in [-0.39, 0.29) is 18.7 Å². The number of piperidine rings is 1. The number of hydrogen-bond donors (Lipinski definition) is 2. The van der Waals surface area contributed by atoms with E-state index in [9.17, 15) is 5.11 Å². The molecule has 0 bridgehead atoms. The molecule has 19 heavy (non-hydrogen) atoms. The van der Waals surface area contributed by atoms with Gasteiger partial charge in [0.05, 0.1) is 6.61 Å². The smallest absolute Gasteiger partial charge is 0.0601 e. The van der Waals surface area contributed by atoms with Gasteiger partial charge in [-0.3, -0.25) is 9.80 Å². The molecule has 2 aliphatic heterocycles. The molecule has 4 heteroatoms. The van der Waals surface area contributed by atoms with Crippen LogP contribution in [0, 0.1) is 0 Å². The Balaban J connectivity index is 1.85. The first-order valence-electron chi connectivity index (χ1n) is 8.10. The molecular formula is C15H31N3O. The van der Waals surface area contributed by atoms with E-state index in [1.54, 1.807) is 0 Å². The number of aliphatic hydroxyl groups is 1. The second-order valence-electron chi connectivity index (χ2n) is 6.24. The monoisotopic (exact) mass is 269 g/mol. The van der Waals surface area contributed by atoms with E-state index in [0.29, 0.717) is 6.04 Å². The normalized spacial score (nSPS) is 29.5. The maximum Gasteiger partial charge on any atom is 0.0601 e. The molecule has 112 valence electrons. The highest BCUT2D eigenvalue weighted by Crippen LogP contribution is 2.22. The van der Waals surface area contributed by atoms with Crippen LogP contribution in [0.5, 0.6) is 0 Å². The molecule has 0 spiro atoms. The van der Waals surface area contributed by atoms with Gasteiger partial charge in [-0.15, -0.1) is 0 Å². The minimum Gasteiger partial charge on any atom is -0.395 e. The van der Waals surface area contributed by atoms with Gasteiger partial charge in [0.2, 0.25) is 0 Å². The minimum atomic E-state index is 0.120. The van der Waals surface area contributed by atoms with E-state index >= 15 is 0 Å². The summed E-state index contributed by atoms with van der Waals surface area (Å²) in [6.07, 6.45) is 7.46.